The number of rotatable bonds is 9. The van der Waals surface area contributed by atoms with Gasteiger partial charge in [-0.1, -0.05) is 19.9 Å². The molecular weight excluding hydrogens is 558 g/mol. The number of benzene rings is 1. The second-order valence-corrected chi connectivity index (χ2v) is 9.14. The first-order valence-corrected chi connectivity index (χ1v) is 12.2. The first-order valence-electron chi connectivity index (χ1n) is 12.2. The Morgan fingerprint density at radius 2 is 1.78 bits per heavy atom. The Bertz CT molecular complexity index is 1550. The number of alkyl halides is 6. The van der Waals surface area contributed by atoms with Crippen LogP contribution in [0.15, 0.2) is 48.9 Å². The minimum atomic E-state index is -5.02. The van der Waals surface area contributed by atoms with Crippen LogP contribution >= 0.6 is 0 Å². The lowest BCUT2D eigenvalue weighted by Gasteiger charge is -2.16. The number of pyridine rings is 1. The van der Waals surface area contributed by atoms with Crippen molar-refractivity contribution >= 4 is 17.4 Å². The third-order valence-corrected chi connectivity index (χ3v) is 5.80. The van der Waals surface area contributed by atoms with Crippen LogP contribution in [0.2, 0.25) is 0 Å². The number of halogens is 6. The van der Waals surface area contributed by atoms with Crippen LogP contribution in [0.25, 0.3) is 28.0 Å². The molecule has 15 heteroatoms. The number of aromatic nitrogens is 4. The van der Waals surface area contributed by atoms with Gasteiger partial charge in [0.1, 0.15) is 5.82 Å². The Morgan fingerprint density at radius 3 is 2.46 bits per heavy atom. The number of nitrogens with zero attached hydrogens (tertiary/aromatic N) is 4. The molecule has 0 aliphatic rings. The molecule has 0 aliphatic carbocycles. The number of hydrogen-bond acceptors (Lipinski definition) is 7. The maximum absolute atomic E-state index is 13.4. The van der Waals surface area contributed by atoms with E-state index < -0.39 is 29.7 Å². The monoisotopic (exact) mass is 582 g/mol. The molecule has 1 aromatic carbocycles. The lowest BCUT2D eigenvalue weighted by atomic mass is 10.1. The van der Waals surface area contributed by atoms with Crippen LogP contribution in [0.1, 0.15) is 25.8 Å². The number of fused-ring (bicyclic) bond motifs is 1. The fourth-order valence-electron chi connectivity index (χ4n) is 3.83. The summed E-state index contributed by atoms with van der Waals surface area (Å²) in [5.41, 5.74) is 5.16. The van der Waals surface area contributed by atoms with Crippen LogP contribution in [0, 0.1) is 5.92 Å². The van der Waals surface area contributed by atoms with Crippen molar-refractivity contribution in [3.05, 3.63) is 54.5 Å². The molecule has 0 bridgehead atoms. The van der Waals surface area contributed by atoms with Gasteiger partial charge in [-0.05, 0) is 36.2 Å². The minimum Gasteiger partial charge on any atom is -0.490 e. The molecule has 0 saturated heterocycles. The fourth-order valence-corrected chi connectivity index (χ4v) is 3.83. The first-order chi connectivity index (χ1) is 19.2. The van der Waals surface area contributed by atoms with Crippen LogP contribution in [0.3, 0.4) is 0 Å². The van der Waals surface area contributed by atoms with Crippen molar-refractivity contribution in [2.75, 3.05) is 18.9 Å². The summed E-state index contributed by atoms with van der Waals surface area (Å²) in [5.74, 6) is -1.84. The minimum absolute atomic E-state index is 0.00456. The van der Waals surface area contributed by atoms with E-state index in [9.17, 15) is 31.1 Å². The zero-order chi connectivity index (χ0) is 29.9. The smallest absolute Gasteiger partial charge is 0.490 e. The van der Waals surface area contributed by atoms with Crippen molar-refractivity contribution in [1.82, 2.24) is 24.9 Å². The predicted molar refractivity (Wildman–Crippen MR) is 136 cm³/mol. The summed E-state index contributed by atoms with van der Waals surface area (Å²) >= 11 is 0. The number of carbonyl (C=O) groups excluding carboxylic acids is 1. The van der Waals surface area contributed by atoms with Gasteiger partial charge in [-0.2, -0.15) is 18.3 Å². The maximum Gasteiger partial charge on any atom is 0.573 e. The summed E-state index contributed by atoms with van der Waals surface area (Å²) in [5, 5.41) is 6.83. The van der Waals surface area contributed by atoms with E-state index in [-0.39, 0.29) is 53.2 Å². The average molecular weight is 583 g/mol. The topological polar surface area (TPSA) is 117 Å². The normalized spacial score (nSPS) is 12.1. The Kier molecular flexibility index (Phi) is 8.26. The summed E-state index contributed by atoms with van der Waals surface area (Å²) < 4.78 is 90.6. The van der Waals surface area contributed by atoms with Gasteiger partial charge < -0.3 is 20.5 Å². The van der Waals surface area contributed by atoms with Gasteiger partial charge in [0, 0.05) is 36.0 Å². The van der Waals surface area contributed by atoms with Crippen molar-refractivity contribution in [3.8, 4) is 33.9 Å². The standard InChI is InChI=1S/C26H24F6N6O3/c1-14(2)24(39)34-7-3-9-40-20-5-4-15(11-21(20)41-26(30,31)32)17-6-8-37-38-19(13-36-23(17)38)16-10-18(25(27,28)29)22(33)35-12-16/h4-6,8,10-14H,3,7,9H2,1-2H3,(H2,33,35)(H,34,39). The number of nitrogens with one attached hydrogen (secondary N) is 1. The van der Waals surface area contributed by atoms with E-state index in [0.29, 0.717) is 12.0 Å². The number of carbonyl (C=O) groups is 1. The third kappa shape index (κ3) is 6.96. The fraction of sp³-hybridized carbons (Fsp3) is 0.308. The van der Waals surface area contributed by atoms with Gasteiger partial charge >= 0.3 is 12.5 Å². The molecule has 0 aliphatic heterocycles. The molecular formula is C26H24F6N6O3. The van der Waals surface area contributed by atoms with Crippen molar-refractivity contribution in [3.63, 3.8) is 0 Å². The summed E-state index contributed by atoms with van der Waals surface area (Å²) in [6.07, 6.45) is -5.70. The van der Waals surface area contributed by atoms with E-state index in [4.69, 9.17) is 10.5 Å². The molecule has 0 unspecified atom stereocenters. The Hall–Kier alpha value is -4.56. The largest absolute Gasteiger partial charge is 0.573 e. The molecule has 218 valence electrons. The molecule has 0 atom stereocenters. The number of hydrogen-bond donors (Lipinski definition) is 2. The lowest BCUT2D eigenvalue weighted by Crippen LogP contribution is -2.29. The van der Waals surface area contributed by atoms with Gasteiger partial charge in [0.15, 0.2) is 17.1 Å². The van der Waals surface area contributed by atoms with Crippen molar-refractivity contribution in [2.24, 2.45) is 5.92 Å². The van der Waals surface area contributed by atoms with Crippen LogP contribution in [-0.4, -0.2) is 45.0 Å². The molecule has 41 heavy (non-hydrogen) atoms. The maximum atomic E-state index is 13.4. The second kappa shape index (κ2) is 11.5. The molecule has 0 radical (unpaired) electrons. The average Bonchev–Trinajstić information content (AvgIpc) is 3.32. The molecule has 0 fully saturated rings. The van der Waals surface area contributed by atoms with E-state index >= 15 is 0 Å². The van der Waals surface area contributed by atoms with E-state index in [1.54, 1.807) is 13.8 Å². The highest BCUT2D eigenvalue weighted by atomic mass is 19.4. The molecule has 3 aromatic heterocycles. The summed E-state index contributed by atoms with van der Waals surface area (Å²) in [7, 11) is 0. The number of anilines is 1. The van der Waals surface area contributed by atoms with Gasteiger partial charge in [0.25, 0.3) is 0 Å². The first kappa shape index (κ1) is 29.4. The third-order valence-electron chi connectivity index (χ3n) is 5.80. The molecule has 1 amide bonds. The Labute approximate surface area is 229 Å². The Balaban J connectivity index is 1.64. The predicted octanol–water partition coefficient (Wildman–Crippen LogP) is 5.50. The van der Waals surface area contributed by atoms with Crippen LogP contribution < -0.4 is 20.5 Å². The van der Waals surface area contributed by atoms with E-state index in [2.05, 4.69) is 25.1 Å². The number of ether oxygens (including phenoxy) is 2. The van der Waals surface area contributed by atoms with Crippen molar-refractivity contribution in [2.45, 2.75) is 32.8 Å². The molecule has 4 rings (SSSR count). The number of imidazole rings is 1. The highest BCUT2D eigenvalue weighted by Crippen LogP contribution is 2.38. The second-order valence-electron chi connectivity index (χ2n) is 9.14. The number of nitrogen functional groups attached to an aromatic ring is 1. The van der Waals surface area contributed by atoms with Crippen LogP contribution in [-0.2, 0) is 11.0 Å². The lowest BCUT2D eigenvalue weighted by molar-refractivity contribution is -0.275. The Morgan fingerprint density at radius 1 is 1.02 bits per heavy atom. The summed E-state index contributed by atoms with van der Waals surface area (Å²) in [6, 6.07) is 6.19. The van der Waals surface area contributed by atoms with Crippen molar-refractivity contribution in [1.29, 1.82) is 0 Å². The van der Waals surface area contributed by atoms with Gasteiger partial charge in [0.05, 0.1) is 24.1 Å². The van der Waals surface area contributed by atoms with Gasteiger partial charge in [-0.3, -0.25) is 4.79 Å². The quantitative estimate of drug-likeness (QED) is 0.198. The van der Waals surface area contributed by atoms with Crippen LogP contribution in [0.5, 0.6) is 11.5 Å². The van der Waals surface area contributed by atoms with E-state index in [1.165, 1.54) is 35.1 Å². The molecule has 4 aromatic rings. The van der Waals surface area contributed by atoms with Gasteiger partial charge in [-0.25, -0.2) is 14.5 Å². The SMILES string of the molecule is CC(C)C(=O)NCCCOc1ccc(-c2ccnn3c(-c4cnc(N)c(C(F)(F)F)c4)cnc23)cc1OC(F)(F)F. The summed E-state index contributed by atoms with van der Waals surface area (Å²) in [4.78, 5) is 19.5. The molecule has 3 N–H and O–H groups in total. The molecule has 3 heterocycles. The number of nitrogens with two attached hydrogens (primary N) is 1. The van der Waals surface area contributed by atoms with E-state index in [0.717, 1.165) is 18.3 Å². The zero-order valence-electron chi connectivity index (χ0n) is 21.7. The highest BCUT2D eigenvalue weighted by molar-refractivity contribution is 5.81. The van der Waals surface area contributed by atoms with Crippen molar-refractivity contribution < 1.29 is 40.6 Å². The number of amides is 1. The molecule has 0 saturated carbocycles. The summed E-state index contributed by atoms with van der Waals surface area (Å²) in [6.45, 7) is 3.74. The zero-order valence-corrected chi connectivity index (χ0v) is 21.7. The molecule has 9 nitrogen and oxygen atoms in total. The molecule has 0 spiro atoms. The highest BCUT2D eigenvalue weighted by Gasteiger charge is 2.35. The van der Waals surface area contributed by atoms with Gasteiger partial charge in [0.2, 0.25) is 5.91 Å². The van der Waals surface area contributed by atoms with Crippen LogP contribution in [0.4, 0.5) is 32.2 Å². The van der Waals surface area contributed by atoms with Gasteiger partial charge in [-0.15, -0.1) is 13.2 Å². The van der Waals surface area contributed by atoms with E-state index in [1.807, 2.05) is 0 Å².